The van der Waals surface area contributed by atoms with Crippen LogP contribution in [-0.2, 0) is 0 Å². The number of para-hydroxylation sites is 1. The summed E-state index contributed by atoms with van der Waals surface area (Å²) < 4.78 is 1.96. The lowest BCUT2D eigenvalue weighted by Crippen LogP contribution is -2.32. The Morgan fingerprint density at radius 3 is 2.88 bits per heavy atom. The third-order valence-corrected chi connectivity index (χ3v) is 5.01. The predicted octanol–water partition coefficient (Wildman–Crippen LogP) is 2.44. The van der Waals surface area contributed by atoms with Gasteiger partial charge in [0.15, 0.2) is 5.82 Å². The van der Waals surface area contributed by atoms with Gasteiger partial charge in [-0.15, -0.1) is 0 Å². The maximum atomic E-state index is 4.71. The summed E-state index contributed by atoms with van der Waals surface area (Å²) in [7, 11) is 0. The molecule has 0 bridgehead atoms. The topological polar surface area (TPSA) is 67.7 Å². The number of rotatable bonds is 3. The molecule has 2 fully saturated rings. The second-order valence-electron chi connectivity index (χ2n) is 6.80. The first-order chi connectivity index (χ1) is 11.8. The second-order valence-corrected chi connectivity index (χ2v) is 6.80. The highest BCUT2D eigenvalue weighted by molar-refractivity contribution is 5.86. The molecule has 3 heterocycles. The Kier molecular flexibility index (Phi) is 3.14. The van der Waals surface area contributed by atoms with Gasteiger partial charge in [0.25, 0.3) is 0 Å². The summed E-state index contributed by atoms with van der Waals surface area (Å²) in [5.74, 6) is 2.56. The summed E-state index contributed by atoms with van der Waals surface area (Å²) in [5.41, 5.74) is 8.81. The average Bonchev–Trinajstić information content (AvgIpc) is 3.21. The van der Waals surface area contributed by atoms with Gasteiger partial charge in [-0.05, 0) is 44.2 Å². The highest BCUT2D eigenvalue weighted by atomic mass is 15.5. The summed E-state index contributed by atoms with van der Waals surface area (Å²) in [6, 6.07) is 11.0. The number of pyridine rings is 1. The van der Waals surface area contributed by atoms with E-state index < -0.39 is 0 Å². The van der Waals surface area contributed by atoms with E-state index in [0.717, 1.165) is 40.6 Å². The van der Waals surface area contributed by atoms with Crippen LogP contribution in [0.1, 0.15) is 37.0 Å². The van der Waals surface area contributed by atoms with Crippen molar-refractivity contribution in [1.29, 1.82) is 0 Å². The van der Waals surface area contributed by atoms with Crippen LogP contribution < -0.4 is 10.9 Å². The molecule has 3 aromatic rings. The van der Waals surface area contributed by atoms with Crippen molar-refractivity contribution in [1.82, 2.24) is 30.6 Å². The predicted molar refractivity (Wildman–Crippen MR) is 91.5 cm³/mol. The normalized spacial score (nSPS) is 23.9. The van der Waals surface area contributed by atoms with E-state index in [1.54, 1.807) is 0 Å². The van der Waals surface area contributed by atoms with E-state index in [1.807, 2.05) is 29.9 Å². The SMILES string of the molecule is Cc1nc(C2CC(C3CC3)NN2)n(-c2cccc3cccnc23)n1. The molecule has 2 atom stereocenters. The first-order valence-corrected chi connectivity index (χ1v) is 8.58. The maximum absolute atomic E-state index is 4.71. The summed E-state index contributed by atoms with van der Waals surface area (Å²) in [5, 5.41) is 5.77. The summed E-state index contributed by atoms with van der Waals surface area (Å²) in [6.45, 7) is 1.94. The van der Waals surface area contributed by atoms with Crippen LogP contribution in [0.15, 0.2) is 36.5 Å². The lowest BCUT2D eigenvalue weighted by atomic mass is 10.1. The first-order valence-electron chi connectivity index (χ1n) is 8.58. The highest BCUT2D eigenvalue weighted by Gasteiger charge is 2.38. The molecule has 1 aromatic carbocycles. The Balaban J connectivity index is 1.59. The van der Waals surface area contributed by atoms with Gasteiger partial charge in [0.2, 0.25) is 0 Å². The van der Waals surface area contributed by atoms with Crippen molar-refractivity contribution >= 4 is 10.9 Å². The van der Waals surface area contributed by atoms with E-state index in [4.69, 9.17) is 4.98 Å². The van der Waals surface area contributed by atoms with Crippen molar-refractivity contribution in [3.05, 3.63) is 48.2 Å². The minimum absolute atomic E-state index is 0.177. The van der Waals surface area contributed by atoms with Gasteiger partial charge >= 0.3 is 0 Å². The van der Waals surface area contributed by atoms with E-state index in [0.29, 0.717) is 6.04 Å². The fourth-order valence-electron chi connectivity index (χ4n) is 3.65. The van der Waals surface area contributed by atoms with E-state index in [2.05, 4.69) is 39.1 Å². The van der Waals surface area contributed by atoms with Gasteiger partial charge < -0.3 is 0 Å². The third kappa shape index (κ3) is 2.30. The van der Waals surface area contributed by atoms with Gasteiger partial charge in [0.05, 0.1) is 17.2 Å². The third-order valence-electron chi connectivity index (χ3n) is 5.01. The Bertz CT molecular complexity index is 892. The van der Waals surface area contributed by atoms with Crippen molar-refractivity contribution in [3.63, 3.8) is 0 Å². The molecule has 2 unspecified atom stereocenters. The molecule has 122 valence electrons. The van der Waals surface area contributed by atoms with Crippen LogP contribution in [0.2, 0.25) is 0 Å². The molecule has 1 aliphatic heterocycles. The first kappa shape index (κ1) is 14.1. The van der Waals surface area contributed by atoms with Crippen LogP contribution in [0.5, 0.6) is 0 Å². The molecule has 2 aromatic heterocycles. The van der Waals surface area contributed by atoms with Crippen LogP contribution >= 0.6 is 0 Å². The van der Waals surface area contributed by atoms with Crippen molar-refractivity contribution in [3.8, 4) is 5.69 Å². The molecule has 0 radical (unpaired) electrons. The van der Waals surface area contributed by atoms with E-state index in [-0.39, 0.29) is 6.04 Å². The maximum Gasteiger partial charge on any atom is 0.151 e. The second kappa shape index (κ2) is 5.36. The van der Waals surface area contributed by atoms with Crippen molar-refractivity contribution in [2.24, 2.45) is 5.92 Å². The molecule has 2 aliphatic rings. The minimum atomic E-state index is 0.177. The Labute approximate surface area is 140 Å². The van der Waals surface area contributed by atoms with Crippen molar-refractivity contribution < 1.29 is 0 Å². The zero-order valence-electron chi connectivity index (χ0n) is 13.6. The zero-order valence-corrected chi connectivity index (χ0v) is 13.6. The number of hydrogen-bond acceptors (Lipinski definition) is 5. The number of nitrogens with zero attached hydrogens (tertiary/aromatic N) is 4. The van der Waals surface area contributed by atoms with Crippen LogP contribution in [0.3, 0.4) is 0 Å². The molecule has 1 saturated heterocycles. The Hall–Kier alpha value is -2.31. The van der Waals surface area contributed by atoms with Gasteiger partial charge in [0, 0.05) is 17.6 Å². The number of nitrogens with one attached hydrogen (secondary N) is 2. The van der Waals surface area contributed by atoms with Crippen LogP contribution in [0.25, 0.3) is 16.6 Å². The van der Waals surface area contributed by atoms with Crippen molar-refractivity contribution in [2.45, 2.75) is 38.3 Å². The fraction of sp³-hybridized carbons (Fsp3) is 0.389. The quantitative estimate of drug-likeness (QED) is 0.776. The number of benzene rings is 1. The standard InChI is InChI=1S/C18H20N6/c1-11-20-18(15-10-14(21-22-15)12-7-8-12)24(23-11)16-6-2-4-13-5-3-9-19-17(13)16/h2-6,9,12,14-15,21-22H,7-8,10H2,1H3. The van der Waals surface area contributed by atoms with Gasteiger partial charge in [0.1, 0.15) is 5.82 Å². The van der Waals surface area contributed by atoms with Gasteiger partial charge in [-0.2, -0.15) is 5.10 Å². The molecule has 2 N–H and O–H groups in total. The molecule has 6 heteroatoms. The smallest absolute Gasteiger partial charge is 0.151 e. The van der Waals surface area contributed by atoms with E-state index >= 15 is 0 Å². The largest absolute Gasteiger partial charge is 0.254 e. The molecular formula is C18H20N6. The van der Waals surface area contributed by atoms with Gasteiger partial charge in [-0.3, -0.25) is 10.4 Å². The molecule has 24 heavy (non-hydrogen) atoms. The molecule has 6 nitrogen and oxygen atoms in total. The molecular weight excluding hydrogens is 300 g/mol. The molecule has 0 spiro atoms. The van der Waals surface area contributed by atoms with E-state index in [1.165, 1.54) is 12.8 Å². The monoisotopic (exact) mass is 320 g/mol. The van der Waals surface area contributed by atoms with Gasteiger partial charge in [-0.25, -0.2) is 15.1 Å². The molecule has 5 rings (SSSR count). The number of hydrogen-bond donors (Lipinski definition) is 2. The minimum Gasteiger partial charge on any atom is -0.254 e. The van der Waals surface area contributed by atoms with Crippen LogP contribution in [0, 0.1) is 12.8 Å². The summed E-state index contributed by atoms with van der Waals surface area (Å²) in [6.07, 6.45) is 5.56. The average molecular weight is 320 g/mol. The molecule has 0 amide bonds. The van der Waals surface area contributed by atoms with Crippen LogP contribution in [0.4, 0.5) is 0 Å². The lowest BCUT2D eigenvalue weighted by molar-refractivity contribution is 0.498. The lowest BCUT2D eigenvalue weighted by Gasteiger charge is -2.12. The summed E-state index contributed by atoms with van der Waals surface area (Å²) >= 11 is 0. The molecule has 1 aliphatic carbocycles. The highest BCUT2D eigenvalue weighted by Crippen LogP contribution is 2.38. The number of aryl methyl sites for hydroxylation is 1. The number of hydrazine groups is 1. The fourth-order valence-corrected chi connectivity index (χ4v) is 3.65. The molecule has 1 saturated carbocycles. The van der Waals surface area contributed by atoms with Crippen LogP contribution in [-0.4, -0.2) is 25.8 Å². The number of fused-ring (bicyclic) bond motifs is 1. The Morgan fingerprint density at radius 2 is 2.00 bits per heavy atom. The zero-order chi connectivity index (χ0) is 16.1. The Morgan fingerprint density at radius 1 is 1.12 bits per heavy atom. The van der Waals surface area contributed by atoms with Gasteiger partial charge in [-0.1, -0.05) is 18.2 Å². The van der Waals surface area contributed by atoms with Crippen molar-refractivity contribution in [2.75, 3.05) is 0 Å². The van der Waals surface area contributed by atoms with E-state index in [9.17, 15) is 0 Å². The summed E-state index contributed by atoms with van der Waals surface area (Å²) in [4.78, 5) is 9.27. The number of aromatic nitrogens is 4.